The Hall–Kier alpha value is -1.61. The van der Waals surface area contributed by atoms with E-state index in [4.69, 9.17) is 0 Å². The Morgan fingerprint density at radius 1 is 1.15 bits per heavy atom. The first-order chi connectivity index (χ1) is 9.50. The lowest BCUT2D eigenvalue weighted by Crippen LogP contribution is -2.13. The van der Waals surface area contributed by atoms with Crippen molar-refractivity contribution in [3.8, 4) is 11.3 Å². The van der Waals surface area contributed by atoms with E-state index in [1.165, 1.54) is 5.56 Å². The van der Waals surface area contributed by atoms with Gasteiger partial charge in [-0.3, -0.25) is 5.10 Å². The highest BCUT2D eigenvalue weighted by Gasteiger charge is 2.13. The van der Waals surface area contributed by atoms with Gasteiger partial charge >= 0.3 is 0 Å². The summed E-state index contributed by atoms with van der Waals surface area (Å²) in [6.07, 6.45) is 1.15. The van der Waals surface area contributed by atoms with Crippen LogP contribution in [0.5, 0.6) is 0 Å². The van der Waals surface area contributed by atoms with E-state index in [0.29, 0.717) is 0 Å². The van der Waals surface area contributed by atoms with Crippen LogP contribution in [0.2, 0.25) is 0 Å². The van der Waals surface area contributed by atoms with Crippen molar-refractivity contribution in [1.82, 2.24) is 15.5 Å². The summed E-state index contributed by atoms with van der Waals surface area (Å²) in [7, 11) is 0. The van der Waals surface area contributed by atoms with Crippen molar-refractivity contribution in [1.29, 1.82) is 0 Å². The first-order valence-corrected chi connectivity index (χ1v) is 7.36. The molecule has 1 heterocycles. The van der Waals surface area contributed by atoms with Crippen LogP contribution in [0.4, 0.5) is 0 Å². The number of aromatic nitrogens is 2. The zero-order valence-electron chi connectivity index (χ0n) is 13.0. The molecule has 20 heavy (non-hydrogen) atoms. The summed E-state index contributed by atoms with van der Waals surface area (Å²) in [6.45, 7) is 10.7. The maximum absolute atomic E-state index is 4.39. The summed E-state index contributed by atoms with van der Waals surface area (Å²) in [4.78, 5) is 0. The molecule has 108 valence electrons. The number of hydrogen-bond acceptors (Lipinski definition) is 2. The van der Waals surface area contributed by atoms with Gasteiger partial charge in [0.1, 0.15) is 0 Å². The molecule has 3 heteroatoms. The van der Waals surface area contributed by atoms with Crippen molar-refractivity contribution >= 4 is 0 Å². The molecule has 2 rings (SSSR count). The van der Waals surface area contributed by atoms with E-state index in [0.717, 1.165) is 36.5 Å². The standard InChI is InChI=1S/C17H25N3/c1-5-10-18-12-15-11-16(20-19-15)13-6-8-14(9-7-13)17(2,3)4/h6-9,11,18H,5,10,12H2,1-4H3,(H,19,20). The number of hydrogen-bond donors (Lipinski definition) is 2. The zero-order valence-corrected chi connectivity index (χ0v) is 13.0. The molecule has 0 amide bonds. The summed E-state index contributed by atoms with van der Waals surface area (Å²) < 4.78 is 0. The third kappa shape index (κ3) is 3.70. The number of benzene rings is 1. The van der Waals surface area contributed by atoms with Gasteiger partial charge in [0.2, 0.25) is 0 Å². The lowest BCUT2D eigenvalue weighted by molar-refractivity contribution is 0.590. The zero-order chi connectivity index (χ0) is 14.6. The van der Waals surface area contributed by atoms with Crippen LogP contribution in [0.25, 0.3) is 11.3 Å². The third-order valence-electron chi connectivity index (χ3n) is 3.42. The third-order valence-corrected chi connectivity index (χ3v) is 3.42. The number of aromatic amines is 1. The van der Waals surface area contributed by atoms with Crippen molar-refractivity contribution in [2.75, 3.05) is 6.54 Å². The molecule has 0 spiro atoms. The number of H-pyrrole nitrogens is 1. The highest BCUT2D eigenvalue weighted by Crippen LogP contribution is 2.25. The van der Waals surface area contributed by atoms with Gasteiger partial charge in [-0.05, 0) is 30.0 Å². The van der Waals surface area contributed by atoms with E-state index < -0.39 is 0 Å². The Labute approximate surface area is 121 Å². The van der Waals surface area contributed by atoms with Crippen LogP contribution in [0.15, 0.2) is 30.3 Å². The summed E-state index contributed by atoms with van der Waals surface area (Å²) in [6, 6.07) is 10.8. The molecular formula is C17H25N3. The summed E-state index contributed by atoms with van der Waals surface area (Å²) in [5.74, 6) is 0. The van der Waals surface area contributed by atoms with Crippen molar-refractivity contribution in [3.63, 3.8) is 0 Å². The van der Waals surface area contributed by atoms with E-state index in [9.17, 15) is 0 Å². The average molecular weight is 271 g/mol. The molecule has 0 aliphatic heterocycles. The molecule has 0 atom stereocenters. The van der Waals surface area contributed by atoms with Gasteiger partial charge < -0.3 is 5.32 Å². The predicted molar refractivity (Wildman–Crippen MR) is 84.7 cm³/mol. The fourth-order valence-electron chi connectivity index (χ4n) is 2.14. The largest absolute Gasteiger partial charge is 0.311 e. The maximum Gasteiger partial charge on any atom is 0.0924 e. The van der Waals surface area contributed by atoms with Crippen LogP contribution in [0.1, 0.15) is 45.4 Å². The second-order valence-electron chi connectivity index (χ2n) is 6.28. The van der Waals surface area contributed by atoms with Crippen LogP contribution < -0.4 is 5.32 Å². The topological polar surface area (TPSA) is 40.7 Å². The molecule has 3 nitrogen and oxygen atoms in total. The molecule has 0 aliphatic rings. The molecule has 1 aromatic heterocycles. The molecule has 0 saturated carbocycles. The second-order valence-corrected chi connectivity index (χ2v) is 6.28. The fraction of sp³-hybridized carbons (Fsp3) is 0.471. The molecule has 0 fully saturated rings. The molecule has 0 bridgehead atoms. The maximum atomic E-state index is 4.39. The monoisotopic (exact) mass is 271 g/mol. The molecule has 2 N–H and O–H groups in total. The quantitative estimate of drug-likeness (QED) is 0.810. The molecule has 0 unspecified atom stereocenters. The van der Waals surface area contributed by atoms with Gasteiger partial charge in [0, 0.05) is 17.8 Å². The van der Waals surface area contributed by atoms with Gasteiger partial charge in [-0.15, -0.1) is 0 Å². The van der Waals surface area contributed by atoms with Crippen LogP contribution >= 0.6 is 0 Å². The van der Waals surface area contributed by atoms with E-state index in [-0.39, 0.29) is 5.41 Å². The minimum absolute atomic E-state index is 0.194. The molecule has 0 radical (unpaired) electrons. The molecule has 0 aliphatic carbocycles. The molecule has 1 aromatic carbocycles. The lowest BCUT2D eigenvalue weighted by Gasteiger charge is -2.18. The van der Waals surface area contributed by atoms with Gasteiger partial charge in [-0.1, -0.05) is 52.0 Å². The Morgan fingerprint density at radius 2 is 1.85 bits per heavy atom. The fourth-order valence-corrected chi connectivity index (χ4v) is 2.14. The summed E-state index contributed by atoms with van der Waals surface area (Å²) >= 11 is 0. The van der Waals surface area contributed by atoms with Crippen molar-refractivity contribution in [2.24, 2.45) is 0 Å². The van der Waals surface area contributed by atoms with E-state index >= 15 is 0 Å². The van der Waals surface area contributed by atoms with Crippen molar-refractivity contribution in [3.05, 3.63) is 41.6 Å². The number of nitrogens with zero attached hydrogens (tertiary/aromatic N) is 1. The van der Waals surface area contributed by atoms with Crippen LogP contribution in [0.3, 0.4) is 0 Å². The summed E-state index contributed by atoms with van der Waals surface area (Å²) in [5.41, 5.74) is 4.85. The van der Waals surface area contributed by atoms with Crippen LogP contribution in [-0.4, -0.2) is 16.7 Å². The van der Waals surface area contributed by atoms with Gasteiger partial charge in [0.15, 0.2) is 0 Å². The average Bonchev–Trinajstić information content (AvgIpc) is 2.87. The van der Waals surface area contributed by atoms with Gasteiger partial charge in [-0.2, -0.15) is 5.10 Å². The Balaban J connectivity index is 2.08. The predicted octanol–water partition coefficient (Wildman–Crippen LogP) is 3.87. The minimum atomic E-state index is 0.194. The normalized spacial score (nSPS) is 11.8. The summed E-state index contributed by atoms with van der Waals surface area (Å²) in [5, 5.41) is 10.9. The highest BCUT2D eigenvalue weighted by molar-refractivity contribution is 5.59. The van der Waals surface area contributed by atoms with Gasteiger partial charge in [0.25, 0.3) is 0 Å². The van der Waals surface area contributed by atoms with Crippen molar-refractivity contribution in [2.45, 2.75) is 46.1 Å². The Morgan fingerprint density at radius 3 is 2.45 bits per heavy atom. The smallest absolute Gasteiger partial charge is 0.0924 e. The van der Waals surface area contributed by atoms with Crippen LogP contribution in [0, 0.1) is 0 Å². The van der Waals surface area contributed by atoms with Gasteiger partial charge in [0.05, 0.1) is 5.69 Å². The SMILES string of the molecule is CCCNCc1cc(-c2ccc(C(C)(C)C)cc2)n[nH]1. The molecule has 2 aromatic rings. The van der Waals surface area contributed by atoms with Gasteiger partial charge in [-0.25, -0.2) is 0 Å². The number of nitrogens with one attached hydrogen (secondary N) is 2. The molecular weight excluding hydrogens is 246 g/mol. The number of rotatable bonds is 5. The second kappa shape index (κ2) is 6.23. The first-order valence-electron chi connectivity index (χ1n) is 7.36. The first kappa shape index (κ1) is 14.8. The highest BCUT2D eigenvalue weighted by atomic mass is 15.1. The van der Waals surface area contributed by atoms with Crippen molar-refractivity contribution < 1.29 is 0 Å². The molecule has 0 saturated heterocycles. The Bertz CT molecular complexity index is 532. The minimum Gasteiger partial charge on any atom is -0.311 e. The lowest BCUT2D eigenvalue weighted by atomic mass is 9.86. The van der Waals surface area contributed by atoms with E-state index in [2.05, 4.69) is 73.5 Å². The van der Waals surface area contributed by atoms with E-state index in [1.54, 1.807) is 0 Å². The van der Waals surface area contributed by atoms with E-state index in [1.807, 2.05) is 0 Å². The van der Waals surface area contributed by atoms with Crippen LogP contribution in [-0.2, 0) is 12.0 Å². The Kier molecular flexibility index (Phi) is 4.61.